The maximum Gasteiger partial charge on any atom is 0 e. The third-order valence-corrected chi connectivity index (χ3v) is 3.56. The number of allylic oxidation sites excluding steroid dienone is 3. The van der Waals surface area contributed by atoms with Gasteiger partial charge >= 0.3 is 33.9 Å². The average molecular weight is 412 g/mol. The van der Waals surface area contributed by atoms with Crippen LogP contribution in [0.2, 0.25) is 0 Å². The number of benzene rings is 1. The van der Waals surface area contributed by atoms with Crippen LogP contribution in [0.4, 0.5) is 0 Å². The summed E-state index contributed by atoms with van der Waals surface area (Å²) in [6.45, 7) is 21.6. The molecular formula is C21H24FeO5. The summed E-state index contributed by atoms with van der Waals surface area (Å²) < 4.78 is 34.7. The largest absolute Gasteiger partial charge is 0 e. The van der Waals surface area contributed by atoms with Gasteiger partial charge in [-0.1, -0.05) is 61.6 Å². The zero-order chi connectivity index (χ0) is 20.6. The van der Waals surface area contributed by atoms with Crippen molar-refractivity contribution in [2.24, 2.45) is 5.92 Å². The Balaban J connectivity index is -0.000000749. The second-order valence-electron chi connectivity index (χ2n) is 5.70. The minimum atomic E-state index is -0.571. The van der Waals surface area contributed by atoms with E-state index in [1.165, 1.54) is 5.56 Å². The van der Waals surface area contributed by atoms with E-state index >= 15 is 0 Å². The molecule has 0 aliphatic carbocycles. The first-order chi connectivity index (χ1) is 12.5. The quantitative estimate of drug-likeness (QED) is 0.317. The Labute approximate surface area is 172 Å². The van der Waals surface area contributed by atoms with Crippen LogP contribution in [-0.4, -0.2) is 11.9 Å². The van der Waals surface area contributed by atoms with Crippen LogP contribution in [0.15, 0.2) is 54.6 Å². The van der Waals surface area contributed by atoms with Crippen molar-refractivity contribution in [3.8, 4) is 0 Å². The minimum absolute atomic E-state index is 0. The molecule has 1 saturated heterocycles. The van der Waals surface area contributed by atoms with E-state index in [2.05, 4.69) is 57.2 Å². The second-order valence-corrected chi connectivity index (χ2v) is 5.70. The first-order valence-corrected chi connectivity index (χ1v) is 7.85. The number of hydrogen-bond donors (Lipinski definition) is 0. The van der Waals surface area contributed by atoms with Crippen LogP contribution >= 0.6 is 0 Å². The van der Waals surface area contributed by atoms with Crippen molar-refractivity contribution >= 4 is 0 Å². The Bertz CT molecular complexity index is 588. The molecule has 5 nitrogen and oxygen atoms in total. The van der Waals surface area contributed by atoms with Gasteiger partial charge in [-0.15, -0.1) is 0 Å². The van der Waals surface area contributed by atoms with Crippen LogP contribution in [0.3, 0.4) is 0 Å². The molecule has 146 valence electrons. The molecule has 1 aliphatic heterocycles. The molecule has 0 radical (unpaired) electrons. The number of ether oxygens (including phenoxy) is 2. The van der Waals surface area contributed by atoms with E-state index in [0.717, 1.165) is 0 Å². The van der Waals surface area contributed by atoms with Crippen molar-refractivity contribution in [2.75, 3.05) is 0 Å². The van der Waals surface area contributed by atoms with Crippen molar-refractivity contribution in [1.29, 1.82) is 0 Å². The first-order valence-electron chi connectivity index (χ1n) is 7.85. The summed E-state index contributed by atoms with van der Waals surface area (Å²) in [5, 5.41) is 0. The summed E-state index contributed by atoms with van der Waals surface area (Å²) in [7, 11) is 0. The van der Waals surface area contributed by atoms with E-state index in [-0.39, 0.29) is 35.2 Å². The van der Waals surface area contributed by atoms with Crippen molar-refractivity contribution < 1.29 is 40.5 Å². The van der Waals surface area contributed by atoms with Gasteiger partial charge in [0.2, 0.25) is 0 Å². The van der Waals surface area contributed by atoms with Crippen molar-refractivity contribution in [3.05, 3.63) is 80.2 Å². The zero-order valence-corrected chi connectivity index (χ0v) is 16.9. The summed E-state index contributed by atoms with van der Waals surface area (Å²) in [6.07, 6.45) is 8.31. The fraction of sp³-hybridized carbons (Fsp3) is 0.381. The van der Waals surface area contributed by atoms with E-state index in [1.807, 2.05) is 45.1 Å². The monoisotopic (exact) mass is 412 g/mol. The van der Waals surface area contributed by atoms with Gasteiger partial charge in [0.05, 0.1) is 12.2 Å². The Morgan fingerprint density at radius 3 is 1.93 bits per heavy atom. The SMILES string of the molecule is C/C=C/C=C/[C@@H]1OC(C)(C)O[C@H](c2ccccc2)[C@H]1C.[C-]#[O+].[C-]#[O+].[C-]#[O+].[Fe]. The van der Waals surface area contributed by atoms with Crippen molar-refractivity contribution in [1.82, 2.24) is 0 Å². The predicted molar refractivity (Wildman–Crippen MR) is 94.1 cm³/mol. The van der Waals surface area contributed by atoms with Gasteiger partial charge in [0.25, 0.3) is 0 Å². The van der Waals surface area contributed by atoms with Gasteiger partial charge in [0.15, 0.2) is 5.79 Å². The van der Waals surface area contributed by atoms with Crippen LogP contribution < -0.4 is 0 Å². The summed E-state index contributed by atoms with van der Waals surface area (Å²) in [5.41, 5.74) is 1.21. The number of hydrogen-bond acceptors (Lipinski definition) is 2. The second kappa shape index (κ2) is 17.8. The summed E-state index contributed by atoms with van der Waals surface area (Å²) in [5.74, 6) is -0.301. The molecular weight excluding hydrogens is 388 g/mol. The molecule has 2 rings (SSSR count). The molecule has 1 heterocycles. The molecule has 0 bridgehead atoms. The maximum atomic E-state index is 7.50. The van der Waals surface area contributed by atoms with E-state index in [1.54, 1.807) is 0 Å². The van der Waals surface area contributed by atoms with Crippen LogP contribution in [0.25, 0.3) is 0 Å². The van der Waals surface area contributed by atoms with Gasteiger partial charge in [-0.05, 0) is 26.3 Å². The van der Waals surface area contributed by atoms with Crippen LogP contribution in [0.5, 0.6) is 0 Å². The Hall–Kier alpha value is -1.64. The molecule has 0 spiro atoms. The summed E-state index contributed by atoms with van der Waals surface area (Å²) in [4.78, 5) is 0. The Kier molecular flexibility index (Phi) is 19.8. The van der Waals surface area contributed by atoms with Crippen molar-refractivity contribution in [3.63, 3.8) is 0 Å². The van der Waals surface area contributed by atoms with Crippen LogP contribution in [-0.2, 0) is 40.5 Å². The molecule has 0 aromatic heterocycles. The predicted octanol–water partition coefficient (Wildman–Crippen LogP) is 4.53. The molecule has 27 heavy (non-hydrogen) atoms. The molecule has 6 heteroatoms. The van der Waals surface area contributed by atoms with Crippen molar-refractivity contribution in [2.45, 2.75) is 45.7 Å². The molecule has 1 aromatic carbocycles. The Morgan fingerprint density at radius 1 is 0.926 bits per heavy atom. The topological polar surface area (TPSA) is 78.2 Å². The van der Waals surface area contributed by atoms with Gasteiger partial charge in [-0.3, -0.25) is 0 Å². The molecule has 0 N–H and O–H groups in total. The number of rotatable bonds is 3. The molecule has 1 aliphatic rings. The standard InChI is InChI=1S/C18H24O2.3CO.Fe/c1-5-6-8-13-16-14(2)17(20-18(3,4)19-16)15-11-9-7-10-12-15;3*1-2;/h5-14,16-17H,1-4H3;;;;/b6-5+,13-8+;;;;/t14-,16-,17-;;;;/m0..../s1. The zero-order valence-electron chi connectivity index (χ0n) is 15.8. The molecule has 0 amide bonds. The van der Waals surface area contributed by atoms with E-state index in [4.69, 9.17) is 23.4 Å². The third kappa shape index (κ3) is 10.9. The third-order valence-electron chi connectivity index (χ3n) is 3.56. The maximum absolute atomic E-state index is 7.50. The van der Waals surface area contributed by atoms with E-state index < -0.39 is 5.79 Å². The molecule has 0 unspecified atom stereocenters. The Morgan fingerprint density at radius 2 is 1.44 bits per heavy atom. The molecule has 1 fully saturated rings. The molecule has 1 aromatic rings. The van der Waals surface area contributed by atoms with Crippen LogP contribution in [0.1, 0.15) is 39.4 Å². The van der Waals surface area contributed by atoms with Gasteiger partial charge in [-0.25, -0.2) is 0 Å². The van der Waals surface area contributed by atoms with Crippen LogP contribution in [0, 0.1) is 25.9 Å². The minimum Gasteiger partial charge on any atom is 0 e. The summed E-state index contributed by atoms with van der Waals surface area (Å²) in [6, 6.07) is 10.4. The van der Waals surface area contributed by atoms with E-state index in [9.17, 15) is 0 Å². The van der Waals surface area contributed by atoms with Gasteiger partial charge in [-0.2, -0.15) is 0 Å². The fourth-order valence-electron chi connectivity index (χ4n) is 2.56. The van der Waals surface area contributed by atoms with Gasteiger partial charge in [0.1, 0.15) is 0 Å². The molecule has 0 saturated carbocycles. The smallest absolute Gasteiger partial charge is 0 e. The molecule has 3 atom stereocenters. The fourth-order valence-corrected chi connectivity index (χ4v) is 2.56. The van der Waals surface area contributed by atoms with E-state index in [0.29, 0.717) is 0 Å². The normalized spacial score (nSPS) is 22.5. The average Bonchev–Trinajstić information content (AvgIpc) is 2.69. The van der Waals surface area contributed by atoms with Gasteiger partial charge < -0.3 is 9.47 Å². The summed E-state index contributed by atoms with van der Waals surface area (Å²) >= 11 is 0. The van der Waals surface area contributed by atoms with Gasteiger partial charge in [0, 0.05) is 23.0 Å². The first kappa shape index (κ1) is 30.1.